The molecule has 1 heterocycles. The maximum absolute atomic E-state index is 12.2. The van der Waals surface area contributed by atoms with E-state index < -0.39 is 36.4 Å². The maximum atomic E-state index is 12.2. The third-order valence-corrected chi connectivity index (χ3v) is 10.2. The number of carbonyl (C=O) groups is 1. The number of rotatable bonds is 21. The lowest BCUT2D eigenvalue weighted by atomic mass is 9.83. The van der Waals surface area contributed by atoms with E-state index in [1.165, 1.54) is 0 Å². The van der Waals surface area contributed by atoms with E-state index in [0.29, 0.717) is 44.9 Å². The number of phenolic OH excluding ortho intramolecular Hbond substituents is 1. The van der Waals surface area contributed by atoms with Crippen molar-refractivity contribution in [2.24, 2.45) is 0 Å². The number of benzene rings is 2. The number of aliphatic carboxylic acids is 1. The van der Waals surface area contributed by atoms with E-state index in [0.717, 1.165) is 66.5 Å². The number of aromatic hydroxyl groups is 1. The van der Waals surface area contributed by atoms with Gasteiger partial charge in [0.1, 0.15) is 5.75 Å². The predicted octanol–water partition coefficient (Wildman–Crippen LogP) is 5.95. The standard InChI is InChI=1S/C44H64N2O7/c1-4-6-7-16-37(48)27-23-35-22-21-34-13-9-8-12-33(34)14-10-18-42(44(3,53)30-32-19-25-38(49)26-20-32)46-41(40(35)29-39(50)31-47)17-11-15-36(45-5-2)24-28-43(51)52/h8-9,12-13,19-20,23,25-27,36-37,39,41-42,45-50,53H,4-7,11,15-18,21-22,24,28-31H2,1-3H3,(H,51,52). The molecule has 0 saturated carbocycles. The first-order chi connectivity index (χ1) is 25.4. The van der Waals surface area contributed by atoms with Crippen molar-refractivity contribution in [2.45, 2.75) is 147 Å². The fourth-order valence-electron chi connectivity index (χ4n) is 7.18. The van der Waals surface area contributed by atoms with Crippen LogP contribution < -0.4 is 10.6 Å². The molecule has 1 aliphatic rings. The van der Waals surface area contributed by atoms with Crippen LogP contribution in [0.5, 0.6) is 5.75 Å². The summed E-state index contributed by atoms with van der Waals surface area (Å²) < 4.78 is 0. The highest BCUT2D eigenvalue weighted by atomic mass is 16.4. The first-order valence-electron chi connectivity index (χ1n) is 19.6. The largest absolute Gasteiger partial charge is 0.508 e. The molecule has 0 amide bonds. The van der Waals surface area contributed by atoms with Crippen LogP contribution in [0.3, 0.4) is 0 Å². The lowest BCUT2D eigenvalue weighted by Gasteiger charge is -2.38. The van der Waals surface area contributed by atoms with Gasteiger partial charge in [-0.05, 0) is 98.9 Å². The number of carboxylic acid groups (broad SMARTS) is 1. The third kappa shape index (κ3) is 15.8. The molecule has 6 atom stereocenters. The summed E-state index contributed by atoms with van der Waals surface area (Å²) in [4.78, 5) is 11.4. The minimum absolute atomic E-state index is 0.0196. The molecule has 2 aromatic carbocycles. The number of carboxylic acids is 1. The summed E-state index contributed by atoms with van der Waals surface area (Å²) >= 11 is 0. The van der Waals surface area contributed by atoms with Gasteiger partial charge in [0, 0.05) is 43.0 Å². The van der Waals surface area contributed by atoms with Crippen LogP contribution in [-0.2, 0) is 17.6 Å². The molecule has 9 heteroatoms. The molecule has 6 unspecified atom stereocenters. The maximum Gasteiger partial charge on any atom is 0.303 e. The van der Waals surface area contributed by atoms with Crippen LogP contribution in [0, 0.1) is 11.8 Å². The van der Waals surface area contributed by atoms with Crippen molar-refractivity contribution in [1.82, 2.24) is 10.6 Å². The quantitative estimate of drug-likeness (QED) is 0.0573. The molecule has 53 heavy (non-hydrogen) atoms. The van der Waals surface area contributed by atoms with Crippen LogP contribution in [0.4, 0.5) is 0 Å². The fourth-order valence-corrected chi connectivity index (χ4v) is 7.18. The van der Waals surface area contributed by atoms with E-state index in [1.807, 2.05) is 37.3 Å². The number of phenols is 1. The highest BCUT2D eigenvalue weighted by Gasteiger charge is 2.35. The zero-order valence-electron chi connectivity index (χ0n) is 32.1. The minimum atomic E-state index is -1.28. The molecule has 0 radical (unpaired) electrons. The van der Waals surface area contributed by atoms with E-state index in [2.05, 4.69) is 35.5 Å². The Morgan fingerprint density at radius 1 is 1.04 bits per heavy atom. The Labute approximate surface area is 317 Å². The van der Waals surface area contributed by atoms with Crippen LogP contribution in [0.25, 0.3) is 0 Å². The molecule has 3 rings (SSSR count). The molecular weight excluding hydrogens is 668 g/mol. The molecule has 0 aromatic heterocycles. The van der Waals surface area contributed by atoms with E-state index >= 15 is 0 Å². The van der Waals surface area contributed by atoms with Crippen molar-refractivity contribution in [1.29, 1.82) is 0 Å². The number of allylic oxidation sites excluding steroid dienone is 2. The lowest BCUT2D eigenvalue weighted by molar-refractivity contribution is -0.137. The second kappa shape index (κ2) is 23.3. The van der Waals surface area contributed by atoms with Crippen molar-refractivity contribution in [3.8, 4) is 17.6 Å². The Bertz CT molecular complexity index is 1510. The molecule has 8 N–H and O–H groups in total. The van der Waals surface area contributed by atoms with Crippen molar-refractivity contribution in [3.63, 3.8) is 0 Å². The zero-order chi connectivity index (χ0) is 38.6. The molecule has 0 bridgehead atoms. The summed E-state index contributed by atoms with van der Waals surface area (Å²) in [5.41, 5.74) is 3.44. The number of aliphatic hydroxyl groups is 4. The van der Waals surface area contributed by atoms with Gasteiger partial charge in [0.15, 0.2) is 0 Å². The fraction of sp³-hybridized carbons (Fsp3) is 0.568. The molecule has 9 nitrogen and oxygen atoms in total. The molecular formula is C44H64N2O7. The number of unbranched alkanes of at least 4 members (excludes halogenated alkanes) is 2. The van der Waals surface area contributed by atoms with Crippen LogP contribution in [0.1, 0.15) is 115 Å². The monoisotopic (exact) mass is 732 g/mol. The van der Waals surface area contributed by atoms with Gasteiger partial charge in [0.25, 0.3) is 0 Å². The van der Waals surface area contributed by atoms with Crippen LogP contribution in [-0.4, -0.2) is 85.7 Å². The molecule has 0 fully saturated rings. The molecule has 0 aliphatic carbocycles. The lowest BCUT2D eigenvalue weighted by Crippen LogP contribution is -2.54. The van der Waals surface area contributed by atoms with Crippen LogP contribution in [0.2, 0.25) is 0 Å². The number of nitrogens with one attached hydrogen (secondary N) is 2. The SMILES string of the molecule is CCCCCC(O)C=CC1=C(CC(O)CO)C(CCCC(CCC(=O)O)NCC)NC(C(C)(O)Cc2ccc(O)cc2)CC#Cc2ccccc2CC1. The Kier molecular flexibility index (Phi) is 19.3. The first kappa shape index (κ1) is 43.9. The Hall–Kier alpha value is -3.49. The average Bonchev–Trinajstić information content (AvgIpc) is 3.12. The van der Waals surface area contributed by atoms with Gasteiger partial charge >= 0.3 is 5.97 Å². The predicted molar refractivity (Wildman–Crippen MR) is 212 cm³/mol. The minimum Gasteiger partial charge on any atom is -0.508 e. The van der Waals surface area contributed by atoms with Gasteiger partial charge in [0.05, 0.1) is 24.4 Å². The van der Waals surface area contributed by atoms with Crippen molar-refractivity contribution in [3.05, 3.63) is 88.5 Å². The summed E-state index contributed by atoms with van der Waals surface area (Å²) in [7, 11) is 0. The van der Waals surface area contributed by atoms with Gasteiger partial charge in [-0.15, -0.1) is 0 Å². The normalized spacial score (nSPS) is 19.6. The molecule has 2 aromatic rings. The highest BCUT2D eigenvalue weighted by Crippen LogP contribution is 2.30. The smallest absolute Gasteiger partial charge is 0.303 e. The third-order valence-electron chi connectivity index (χ3n) is 10.2. The number of hydrogen-bond donors (Lipinski definition) is 8. The van der Waals surface area contributed by atoms with Gasteiger partial charge < -0.3 is 41.3 Å². The Balaban J connectivity index is 2.16. The van der Waals surface area contributed by atoms with E-state index in [1.54, 1.807) is 31.2 Å². The molecule has 0 spiro atoms. The number of hydrogen-bond acceptors (Lipinski definition) is 8. The van der Waals surface area contributed by atoms with Crippen molar-refractivity contribution >= 4 is 5.97 Å². The zero-order valence-corrected chi connectivity index (χ0v) is 32.1. The van der Waals surface area contributed by atoms with Gasteiger partial charge in [-0.2, -0.15) is 0 Å². The summed E-state index contributed by atoms with van der Waals surface area (Å²) in [6, 6.07) is 14.0. The van der Waals surface area contributed by atoms with Gasteiger partial charge in [-0.25, -0.2) is 0 Å². The van der Waals surface area contributed by atoms with Crippen molar-refractivity contribution in [2.75, 3.05) is 13.2 Å². The molecule has 1 aliphatic heterocycles. The average molecular weight is 733 g/mol. The topological polar surface area (TPSA) is 163 Å². The van der Waals surface area contributed by atoms with Crippen LogP contribution in [0.15, 0.2) is 71.8 Å². The second-order valence-electron chi connectivity index (χ2n) is 14.8. The Morgan fingerprint density at radius 3 is 2.49 bits per heavy atom. The van der Waals surface area contributed by atoms with E-state index in [-0.39, 0.29) is 30.7 Å². The summed E-state index contributed by atoms with van der Waals surface area (Å²) in [5, 5.41) is 70.8. The first-order valence-corrected chi connectivity index (χ1v) is 19.6. The highest BCUT2D eigenvalue weighted by molar-refractivity contribution is 5.66. The van der Waals surface area contributed by atoms with Crippen molar-refractivity contribution < 1.29 is 35.4 Å². The Morgan fingerprint density at radius 2 is 1.79 bits per heavy atom. The second-order valence-corrected chi connectivity index (χ2v) is 14.8. The number of aryl methyl sites for hydroxylation is 1. The number of aliphatic hydroxyl groups excluding tert-OH is 3. The van der Waals surface area contributed by atoms with Gasteiger partial charge in [-0.1, -0.05) is 93.9 Å². The van der Waals surface area contributed by atoms with E-state index in [9.17, 15) is 35.4 Å². The number of fused-ring (bicyclic) bond motifs is 1. The summed E-state index contributed by atoms with van der Waals surface area (Å²) in [5.74, 6) is 6.06. The van der Waals surface area contributed by atoms with Crippen LogP contribution >= 0.6 is 0 Å². The molecule has 0 saturated heterocycles. The van der Waals surface area contributed by atoms with E-state index in [4.69, 9.17) is 0 Å². The summed E-state index contributed by atoms with van der Waals surface area (Å²) in [6.45, 7) is 6.24. The van der Waals surface area contributed by atoms with Gasteiger partial charge in [0.2, 0.25) is 0 Å². The summed E-state index contributed by atoms with van der Waals surface area (Å²) in [6.07, 6.45) is 10.6. The van der Waals surface area contributed by atoms with Gasteiger partial charge in [-0.3, -0.25) is 4.79 Å². The molecule has 292 valence electrons.